The van der Waals surface area contributed by atoms with Crippen molar-refractivity contribution in [3.05, 3.63) is 57.2 Å². The third kappa shape index (κ3) is 3.47. The highest BCUT2D eigenvalue weighted by Gasteiger charge is 2.24. The molecule has 1 aliphatic heterocycles. The van der Waals surface area contributed by atoms with Crippen LogP contribution in [0.3, 0.4) is 0 Å². The molecule has 1 fully saturated rings. The third-order valence-electron chi connectivity index (χ3n) is 4.08. The minimum Gasteiger partial charge on any atom is -0.339 e. The summed E-state index contributed by atoms with van der Waals surface area (Å²) in [5, 5.41) is 2.67. The fraction of sp³-hybridized carbons (Fsp3) is 0.353. The van der Waals surface area contributed by atoms with Crippen LogP contribution in [0.4, 0.5) is 0 Å². The zero-order valence-electron chi connectivity index (χ0n) is 11.8. The highest BCUT2D eigenvalue weighted by Crippen LogP contribution is 2.26. The molecule has 1 saturated heterocycles. The van der Waals surface area contributed by atoms with Gasteiger partial charge in [-0.1, -0.05) is 29.8 Å². The summed E-state index contributed by atoms with van der Waals surface area (Å²) in [5.41, 5.74) is 0.621. The molecule has 0 aliphatic carbocycles. The van der Waals surface area contributed by atoms with Gasteiger partial charge in [-0.05, 0) is 48.8 Å². The molecule has 3 rings (SSSR count). The Morgan fingerprint density at radius 1 is 1.19 bits per heavy atom. The molecule has 0 bridgehead atoms. The lowest BCUT2D eigenvalue weighted by molar-refractivity contribution is 0.0691. The second-order valence-corrected chi connectivity index (χ2v) is 6.94. The highest BCUT2D eigenvalue weighted by molar-refractivity contribution is 7.09. The normalized spacial score (nSPS) is 16.1. The number of rotatable bonds is 3. The Balaban J connectivity index is 1.58. The first kappa shape index (κ1) is 14.6. The van der Waals surface area contributed by atoms with Gasteiger partial charge in [-0.3, -0.25) is 4.79 Å². The fourth-order valence-electron chi connectivity index (χ4n) is 2.86. The number of carbonyl (C=O) groups excluding carboxylic acids is 1. The molecule has 1 aromatic heterocycles. The van der Waals surface area contributed by atoms with E-state index in [1.165, 1.54) is 4.88 Å². The second kappa shape index (κ2) is 6.63. The van der Waals surface area contributed by atoms with Gasteiger partial charge in [-0.15, -0.1) is 11.3 Å². The lowest BCUT2D eigenvalue weighted by Gasteiger charge is -2.32. The number of hydrogen-bond acceptors (Lipinski definition) is 2. The molecular weight excluding hydrogens is 302 g/mol. The fourth-order valence-corrected chi connectivity index (χ4v) is 3.90. The highest BCUT2D eigenvalue weighted by atomic mass is 35.5. The number of carbonyl (C=O) groups is 1. The van der Waals surface area contributed by atoms with Crippen molar-refractivity contribution < 1.29 is 4.79 Å². The van der Waals surface area contributed by atoms with Crippen LogP contribution in [-0.4, -0.2) is 23.9 Å². The molecule has 2 heterocycles. The molecule has 1 aliphatic rings. The molecule has 0 N–H and O–H groups in total. The average molecular weight is 320 g/mol. The van der Waals surface area contributed by atoms with Crippen LogP contribution in [0.15, 0.2) is 41.8 Å². The van der Waals surface area contributed by atoms with Crippen molar-refractivity contribution >= 4 is 28.8 Å². The molecule has 1 amide bonds. The van der Waals surface area contributed by atoms with Crippen molar-refractivity contribution in [3.8, 4) is 0 Å². The van der Waals surface area contributed by atoms with Crippen LogP contribution in [0.5, 0.6) is 0 Å². The summed E-state index contributed by atoms with van der Waals surface area (Å²) < 4.78 is 0. The largest absolute Gasteiger partial charge is 0.339 e. The molecule has 0 spiro atoms. The van der Waals surface area contributed by atoms with Crippen LogP contribution < -0.4 is 0 Å². The summed E-state index contributed by atoms with van der Waals surface area (Å²) in [4.78, 5) is 15.9. The lowest BCUT2D eigenvalue weighted by Crippen LogP contribution is -2.39. The van der Waals surface area contributed by atoms with E-state index in [1.54, 1.807) is 6.07 Å². The first-order chi connectivity index (χ1) is 10.2. The van der Waals surface area contributed by atoms with Gasteiger partial charge in [0, 0.05) is 18.0 Å². The summed E-state index contributed by atoms with van der Waals surface area (Å²) >= 11 is 7.94. The topological polar surface area (TPSA) is 20.3 Å². The van der Waals surface area contributed by atoms with Crippen LogP contribution >= 0.6 is 22.9 Å². The van der Waals surface area contributed by atoms with Crippen molar-refractivity contribution in [1.29, 1.82) is 0 Å². The van der Waals surface area contributed by atoms with Gasteiger partial charge in [0.25, 0.3) is 5.91 Å². The van der Waals surface area contributed by atoms with E-state index < -0.39 is 0 Å². The number of nitrogens with zero attached hydrogens (tertiary/aromatic N) is 1. The van der Waals surface area contributed by atoms with Gasteiger partial charge >= 0.3 is 0 Å². The summed E-state index contributed by atoms with van der Waals surface area (Å²) in [6.45, 7) is 1.67. The van der Waals surface area contributed by atoms with Crippen molar-refractivity contribution in [2.45, 2.75) is 19.3 Å². The Hall–Kier alpha value is -1.32. The van der Waals surface area contributed by atoms with E-state index >= 15 is 0 Å². The molecule has 0 atom stereocenters. The van der Waals surface area contributed by atoms with Gasteiger partial charge in [0.2, 0.25) is 0 Å². The van der Waals surface area contributed by atoms with E-state index in [1.807, 2.05) is 34.4 Å². The maximum atomic E-state index is 12.5. The summed E-state index contributed by atoms with van der Waals surface area (Å²) in [6.07, 6.45) is 3.30. The summed E-state index contributed by atoms with van der Waals surface area (Å²) in [7, 11) is 0. The van der Waals surface area contributed by atoms with Gasteiger partial charge in [-0.25, -0.2) is 0 Å². The number of thiophene rings is 1. The SMILES string of the molecule is O=C(c1ccccc1Cl)N1CCC(Cc2cccs2)CC1. The van der Waals surface area contributed by atoms with Crippen LogP contribution in [0, 0.1) is 5.92 Å². The second-order valence-electron chi connectivity index (χ2n) is 5.50. The lowest BCUT2D eigenvalue weighted by atomic mass is 9.92. The molecule has 0 saturated carbocycles. The van der Waals surface area contributed by atoms with Crippen LogP contribution in [0.25, 0.3) is 0 Å². The molecule has 4 heteroatoms. The predicted molar refractivity (Wildman–Crippen MR) is 88.1 cm³/mol. The molecule has 2 nitrogen and oxygen atoms in total. The Morgan fingerprint density at radius 2 is 1.95 bits per heavy atom. The number of amides is 1. The standard InChI is InChI=1S/C17H18ClNOS/c18-16-6-2-1-5-15(16)17(20)19-9-7-13(8-10-19)12-14-4-3-11-21-14/h1-6,11,13H,7-10,12H2. The Kier molecular flexibility index (Phi) is 4.61. The average Bonchev–Trinajstić information content (AvgIpc) is 3.01. The summed E-state index contributed by atoms with van der Waals surface area (Å²) in [6, 6.07) is 11.6. The molecule has 21 heavy (non-hydrogen) atoms. The minimum atomic E-state index is 0.0650. The minimum absolute atomic E-state index is 0.0650. The molecule has 2 aromatic rings. The number of likely N-dealkylation sites (tertiary alicyclic amines) is 1. The molecule has 110 valence electrons. The van der Waals surface area contributed by atoms with Crippen molar-refractivity contribution in [3.63, 3.8) is 0 Å². The zero-order chi connectivity index (χ0) is 14.7. The van der Waals surface area contributed by atoms with E-state index in [-0.39, 0.29) is 5.91 Å². The quantitative estimate of drug-likeness (QED) is 0.816. The van der Waals surface area contributed by atoms with Gasteiger partial charge < -0.3 is 4.90 Å². The van der Waals surface area contributed by atoms with E-state index in [0.29, 0.717) is 16.5 Å². The molecule has 0 radical (unpaired) electrons. The zero-order valence-corrected chi connectivity index (χ0v) is 13.4. The summed E-state index contributed by atoms with van der Waals surface area (Å²) in [5.74, 6) is 0.758. The smallest absolute Gasteiger partial charge is 0.255 e. The Morgan fingerprint density at radius 3 is 2.62 bits per heavy atom. The van der Waals surface area contributed by atoms with E-state index in [9.17, 15) is 4.79 Å². The van der Waals surface area contributed by atoms with Crippen LogP contribution in [-0.2, 0) is 6.42 Å². The van der Waals surface area contributed by atoms with Crippen LogP contribution in [0.2, 0.25) is 5.02 Å². The number of benzene rings is 1. The van der Waals surface area contributed by atoms with Crippen LogP contribution in [0.1, 0.15) is 28.1 Å². The monoisotopic (exact) mass is 319 g/mol. The molecule has 0 unspecified atom stereocenters. The van der Waals surface area contributed by atoms with Crippen molar-refractivity contribution in [2.75, 3.05) is 13.1 Å². The van der Waals surface area contributed by atoms with Crippen molar-refractivity contribution in [1.82, 2.24) is 4.90 Å². The van der Waals surface area contributed by atoms with E-state index in [4.69, 9.17) is 11.6 Å². The maximum Gasteiger partial charge on any atom is 0.255 e. The van der Waals surface area contributed by atoms with Gasteiger partial charge in [0.15, 0.2) is 0 Å². The van der Waals surface area contributed by atoms with Gasteiger partial charge in [0.1, 0.15) is 0 Å². The molecule has 1 aromatic carbocycles. The third-order valence-corrected chi connectivity index (χ3v) is 5.30. The number of piperidine rings is 1. The number of halogens is 1. The van der Waals surface area contributed by atoms with Gasteiger partial charge in [0.05, 0.1) is 10.6 Å². The predicted octanol–water partition coefficient (Wildman–Crippen LogP) is 4.50. The Bertz CT molecular complexity index is 603. The molecular formula is C17H18ClNOS. The van der Waals surface area contributed by atoms with Gasteiger partial charge in [-0.2, -0.15) is 0 Å². The first-order valence-electron chi connectivity index (χ1n) is 7.30. The van der Waals surface area contributed by atoms with E-state index in [2.05, 4.69) is 17.5 Å². The first-order valence-corrected chi connectivity index (χ1v) is 8.56. The van der Waals surface area contributed by atoms with Crippen molar-refractivity contribution in [2.24, 2.45) is 5.92 Å². The Labute approximate surface area is 134 Å². The maximum absolute atomic E-state index is 12.5. The number of hydrogen-bond donors (Lipinski definition) is 0. The van der Waals surface area contributed by atoms with E-state index in [0.717, 1.165) is 32.4 Å².